The van der Waals surface area contributed by atoms with E-state index < -0.39 is 0 Å². The molecule has 2 nitrogen and oxygen atoms in total. The van der Waals surface area contributed by atoms with Crippen molar-refractivity contribution >= 4 is 17.3 Å². The fourth-order valence-corrected chi connectivity index (χ4v) is 3.63. The molecule has 0 unspecified atom stereocenters. The van der Waals surface area contributed by atoms with Gasteiger partial charge in [0.1, 0.15) is 0 Å². The Bertz CT molecular complexity index is 432. The number of halogens is 1. The molecule has 1 saturated heterocycles. The van der Waals surface area contributed by atoms with Gasteiger partial charge in [-0.2, -0.15) is 0 Å². The molecule has 1 saturated carbocycles. The van der Waals surface area contributed by atoms with Gasteiger partial charge < -0.3 is 10.6 Å². The first-order valence-electron chi connectivity index (χ1n) is 7.03. The molecule has 0 spiro atoms. The molecular formula is C15H21ClN2. The third-order valence-corrected chi connectivity index (χ3v) is 4.77. The number of hydrogen-bond acceptors (Lipinski definition) is 2. The van der Waals surface area contributed by atoms with Crippen molar-refractivity contribution in [1.82, 2.24) is 0 Å². The van der Waals surface area contributed by atoms with E-state index in [2.05, 4.69) is 23.1 Å². The first kappa shape index (κ1) is 12.3. The zero-order chi connectivity index (χ0) is 12.6. The fraction of sp³-hybridized carbons (Fsp3) is 0.600. The lowest BCUT2D eigenvalue weighted by Crippen LogP contribution is -2.33. The molecule has 1 aliphatic heterocycles. The highest BCUT2D eigenvalue weighted by atomic mass is 35.5. The summed E-state index contributed by atoms with van der Waals surface area (Å²) in [7, 11) is 0. The number of nitrogens with zero attached hydrogens (tertiary/aromatic N) is 1. The third kappa shape index (κ3) is 2.12. The molecule has 1 aromatic rings. The number of benzene rings is 1. The van der Waals surface area contributed by atoms with Crippen molar-refractivity contribution in [2.45, 2.75) is 44.1 Å². The Morgan fingerprint density at radius 1 is 1.06 bits per heavy atom. The van der Waals surface area contributed by atoms with Crippen molar-refractivity contribution in [3.05, 3.63) is 28.8 Å². The van der Waals surface area contributed by atoms with Gasteiger partial charge in [-0.25, -0.2) is 0 Å². The predicted octanol–water partition coefficient (Wildman–Crippen LogP) is 3.67. The molecule has 2 aliphatic rings. The highest BCUT2D eigenvalue weighted by molar-refractivity contribution is 6.33. The average Bonchev–Trinajstić information content (AvgIpc) is 3.00. The summed E-state index contributed by atoms with van der Waals surface area (Å²) in [5.41, 5.74) is 8.74. The summed E-state index contributed by atoms with van der Waals surface area (Å²) in [5, 5.41) is 0.867. The van der Waals surface area contributed by atoms with Crippen LogP contribution in [-0.2, 0) is 5.54 Å². The van der Waals surface area contributed by atoms with Crippen LogP contribution < -0.4 is 10.6 Å². The van der Waals surface area contributed by atoms with Crippen LogP contribution in [0.5, 0.6) is 0 Å². The van der Waals surface area contributed by atoms with E-state index >= 15 is 0 Å². The lowest BCUT2D eigenvalue weighted by atomic mass is 9.89. The normalized spacial score (nSPS) is 22.7. The zero-order valence-corrected chi connectivity index (χ0v) is 11.5. The van der Waals surface area contributed by atoms with Gasteiger partial charge in [-0.05, 0) is 43.4 Å². The Balaban J connectivity index is 1.88. The quantitative estimate of drug-likeness (QED) is 0.883. The van der Waals surface area contributed by atoms with E-state index in [1.165, 1.54) is 36.9 Å². The van der Waals surface area contributed by atoms with Crippen molar-refractivity contribution in [2.24, 2.45) is 5.73 Å². The minimum absolute atomic E-state index is 0.132. The van der Waals surface area contributed by atoms with Crippen LogP contribution in [0.1, 0.15) is 44.1 Å². The topological polar surface area (TPSA) is 29.3 Å². The highest BCUT2D eigenvalue weighted by Gasteiger charge is 2.31. The van der Waals surface area contributed by atoms with Crippen LogP contribution in [0.15, 0.2) is 18.2 Å². The van der Waals surface area contributed by atoms with Gasteiger partial charge in [0, 0.05) is 18.6 Å². The van der Waals surface area contributed by atoms with E-state index in [1.807, 2.05) is 0 Å². The Labute approximate surface area is 114 Å². The van der Waals surface area contributed by atoms with Crippen molar-refractivity contribution in [3.63, 3.8) is 0 Å². The number of hydrogen-bond donors (Lipinski definition) is 1. The summed E-state index contributed by atoms with van der Waals surface area (Å²) in [6.07, 6.45) is 7.21. The van der Waals surface area contributed by atoms with Crippen LogP contribution in [0.4, 0.5) is 5.69 Å². The number of rotatable bonds is 2. The van der Waals surface area contributed by atoms with Crippen LogP contribution >= 0.6 is 11.6 Å². The van der Waals surface area contributed by atoms with E-state index in [-0.39, 0.29) is 5.54 Å². The van der Waals surface area contributed by atoms with Gasteiger partial charge in [0.15, 0.2) is 0 Å². The first-order chi connectivity index (χ1) is 8.69. The van der Waals surface area contributed by atoms with Gasteiger partial charge in [0.25, 0.3) is 0 Å². The average molecular weight is 265 g/mol. The maximum atomic E-state index is 6.48. The third-order valence-electron chi connectivity index (χ3n) is 4.47. The van der Waals surface area contributed by atoms with Gasteiger partial charge in [-0.1, -0.05) is 30.5 Å². The molecule has 3 heteroatoms. The summed E-state index contributed by atoms with van der Waals surface area (Å²) in [5.74, 6) is 0. The van der Waals surface area contributed by atoms with Crippen LogP contribution in [0.3, 0.4) is 0 Å². The standard InChI is InChI=1S/C15H21ClN2/c16-13-11-12(15(17)7-1-2-8-15)5-6-14(13)18-9-3-4-10-18/h5-6,11H,1-4,7-10,17H2. The Morgan fingerprint density at radius 3 is 2.33 bits per heavy atom. The molecule has 0 bridgehead atoms. The Morgan fingerprint density at radius 2 is 1.72 bits per heavy atom. The highest BCUT2D eigenvalue weighted by Crippen LogP contribution is 2.39. The second-order valence-electron chi connectivity index (χ2n) is 5.72. The molecule has 2 fully saturated rings. The van der Waals surface area contributed by atoms with Crippen molar-refractivity contribution in [2.75, 3.05) is 18.0 Å². The van der Waals surface area contributed by atoms with E-state index in [0.29, 0.717) is 0 Å². The van der Waals surface area contributed by atoms with Crippen LogP contribution in [-0.4, -0.2) is 13.1 Å². The molecule has 1 aromatic carbocycles. The lowest BCUT2D eigenvalue weighted by molar-refractivity contribution is 0.462. The Kier molecular flexibility index (Phi) is 3.25. The second kappa shape index (κ2) is 4.75. The number of anilines is 1. The minimum atomic E-state index is -0.132. The van der Waals surface area contributed by atoms with Crippen LogP contribution in [0, 0.1) is 0 Å². The van der Waals surface area contributed by atoms with Gasteiger partial charge in [0.05, 0.1) is 10.7 Å². The maximum absolute atomic E-state index is 6.48. The molecule has 0 atom stereocenters. The van der Waals surface area contributed by atoms with Gasteiger partial charge in [-0.15, -0.1) is 0 Å². The molecule has 3 rings (SSSR count). The zero-order valence-electron chi connectivity index (χ0n) is 10.8. The molecule has 1 heterocycles. The largest absolute Gasteiger partial charge is 0.370 e. The predicted molar refractivity (Wildman–Crippen MR) is 77.2 cm³/mol. The summed E-state index contributed by atoms with van der Waals surface area (Å²) >= 11 is 6.45. The molecule has 0 radical (unpaired) electrons. The van der Waals surface area contributed by atoms with Gasteiger partial charge in [0.2, 0.25) is 0 Å². The monoisotopic (exact) mass is 264 g/mol. The van der Waals surface area contributed by atoms with Crippen molar-refractivity contribution in [1.29, 1.82) is 0 Å². The summed E-state index contributed by atoms with van der Waals surface area (Å²) in [4.78, 5) is 2.38. The van der Waals surface area contributed by atoms with E-state index in [1.54, 1.807) is 0 Å². The maximum Gasteiger partial charge on any atom is 0.0643 e. The molecular weight excluding hydrogens is 244 g/mol. The van der Waals surface area contributed by atoms with E-state index in [0.717, 1.165) is 31.0 Å². The first-order valence-corrected chi connectivity index (χ1v) is 7.41. The SMILES string of the molecule is NC1(c2ccc(N3CCCC3)c(Cl)c2)CCCC1. The van der Waals surface area contributed by atoms with Crippen molar-refractivity contribution in [3.8, 4) is 0 Å². The van der Waals surface area contributed by atoms with Crippen LogP contribution in [0.2, 0.25) is 5.02 Å². The fourth-order valence-electron chi connectivity index (χ4n) is 3.33. The second-order valence-corrected chi connectivity index (χ2v) is 6.13. The van der Waals surface area contributed by atoms with Gasteiger partial charge in [-0.3, -0.25) is 0 Å². The molecule has 2 N–H and O–H groups in total. The molecule has 98 valence electrons. The minimum Gasteiger partial charge on any atom is -0.370 e. The molecule has 0 amide bonds. The summed E-state index contributed by atoms with van der Waals surface area (Å²) in [6, 6.07) is 6.45. The Hall–Kier alpha value is -0.730. The molecule has 18 heavy (non-hydrogen) atoms. The van der Waals surface area contributed by atoms with E-state index in [4.69, 9.17) is 17.3 Å². The number of nitrogens with two attached hydrogens (primary N) is 1. The lowest BCUT2D eigenvalue weighted by Gasteiger charge is -2.26. The molecule has 1 aliphatic carbocycles. The molecule has 0 aromatic heterocycles. The summed E-state index contributed by atoms with van der Waals surface area (Å²) in [6.45, 7) is 2.26. The van der Waals surface area contributed by atoms with Gasteiger partial charge >= 0.3 is 0 Å². The van der Waals surface area contributed by atoms with Crippen molar-refractivity contribution < 1.29 is 0 Å². The summed E-state index contributed by atoms with van der Waals surface area (Å²) < 4.78 is 0. The smallest absolute Gasteiger partial charge is 0.0643 e. The van der Waals surface area contributed by atoms with Crippen LogP contribution in [0.25, 0.3) is 0 Å². The van der Waals surface area contributed by atoms with E-state index in [9.17, 15) is 0 Å².